The summed E-state index contributed by atoms with van der Waals surface area (Å²) < 4.78 is 46.2. The molecular weight excluding hydrogens is 586 g/mol. The molecule has 13 heteroatoms. The second-order valence-corrected chi connectivity index (χ2v) is 13.8. The van der Waals surface area contributed by atoms with Crippen LogP contribution in [0, 0.1) is 11.8 Å². The van der Waals surface area contributed by atoms with E-state index in [4.69, 9.17) is 14.2 Å². The minimum absolute atomic E-state index is 0.0224. The van der Waals surface area contributed by atoms with E-state index in [0.717, 1.165) is 18.4 Å². The van der Waals surface area contributed by atoms with E-state index in [0.29, 0.717) is 29.9 Å². The number of hydrogen-bond acceptors (Lipinski definition) is 9. The second kappa shape index (κ2) is 14.2. The molecule has 5 atom stereocenters. The molecule has 0 spiro atoms. The first kappa shape index (κ1) is 32.2. The van der Waals surface area contributed by atoms with Crippen molar-refractivity contribution < 1.29 is 32.5 Å². The molecule has 2 aliphatic rings. The number of benzene rings is 2. The van der Waals surface area contributed by atoms with Gasteiger partial charge in [-0.1, -0.05) is 51.1 Å². The van der Waals surface area contributed by atoms with Gasteiger partial charge in [-0.05, 0) is 48.9 Å². The number of anilines is 1. The van der Waals surface area contributed by atoms with E-state index in [1.165, 1.54) is 4.31 Å². The van der Waals surface area contributed by atoms with E-state index in [1.54, 1.807) is 18.2 Å². The largest absolute Gasteiger partial charge is 0.443 e. The number of fused-ring (bicyclic) bond motifs is 2. The zero-order valence-electron chi connectivity index (χ0n) is 25.4. The van der Waals surface area contributed by atoms with Crippen LogP contribution in [0.1, 0.15) is 39.2 Å². The van der Waals surface area contributed by atoms with Crippen LogP contribution in [-0.2, 0) is 30.7 Å². The summed E-state index contributed by atoms with van der Waals surface area (Å²) in [5.41, 5.74) is 1.59. The maximum atomic E-state index is 14.1. The number of aliphatic hydroxyl groups excluding tert-OH is 1. The summed E-state index contributed by atoms with van der Waals surface area (Å²) in [5, 5.41) is 25.5. The fourth-order valence-electron chi connectivity index (χ4n) is 5.72. The second-order valence-electron chi connectivity index (χ2n) is 11.9. The Kier molecular flexibility index (Phi) is 10.4. The van der Waals surface area contributed by atoms with Crippen molar-refractivity contribution in [1.29, 1.82) is 0 Å². The van der Waals surface area contributed by atoms with Gasteiger partial charge in [0.25, 0.3) is 0 Å². The molecule has 0 bridgehead atoms. The molecule has 3 aromatic rings. The number of aromatic nitrogens is 2. The summed E-state index contributed by atoms with van der Waals surface area (Å²) in [6.45, 7) is 7.31. The van der Waals surface area contributed by atoms with Crippen molar-refractivity contribution in [3.8, 4) is 0 Å². The number of carbonyl (C=O) groups excluding carboxylic acids is 1. The molecule has 0 aliphatic carbocycles. The summed E-state index contributed by atoms with van der Waals surface area (Å²) in [6, 6.07) is 13.4. The summed E-state index contributed by atoms with van der Waals surface area (Å²) >= 11 is 0. The quantitative estimate of drug-likeness (QED) is 0.210. The van der Waals surface area contributed by atoms with E-state index in [2.05, 4.69) is 20.8 Å². The van der Waals surface area contributed by atoms with Gasteiger partial charge >= 0.3 is 6.09 Å². The number of sulfonamides is 1. The van der Waals surface area contributed by atoms with Gasteiger partial charge in [0.05, 0.1) is 41.7 Å². The lowest BCUT2D eigenvalue weighted by molar-refractivity contribution is -0.0907. The van der Waals surface area contributed by atoms with Crippen LogP contribution in [0.4, 0.5) is 10.6 Å². The molecule has 44 heavy (non-hydrogen) atoms. The topological polar surface area (TPSA) is 155 Å². The average molecular weight is 630 g/mol. The van der Waals surface area contributed by atoms with Crippen molar-refractivity contribution in [3.63, 3.8) is 0 Å². The highest BCUT2D eigenvalue weighted by Gasteiger charge is 2.44. The van der Waals surface area contributed by atoms with Crippen LogP contribution in [0.2, 0.25) is 0 Å². The normalized spacial score (nSPS) is 21.5. The highest BCUT2D eigenvalue weighted by Crippen LogP contribution is 2.33. The first-order chi connectivity index (χ1) is 21.2. The lowest BCUT2D eigenvalue weighted by Gasteiger charge is -2.31. The minimum atomic E-state index is -4.03. The Morgan fingerprint density at radius 2 is 1.98 bits per heavy atom. The number of rotatable bonds is 14. The molecule has 2 fully saturated rings. The number of ether oxygens (including phenoxy) is 3. The lowest BCUT2D eigenvalue weighted by Crippen LogP contribution is -2.51. The Balaban J connectivity index is 1.36. The molecule has 12 nitrogen and oxygen atoms in total. The van der Waals surface area contributed by atoms with Gasteiger partial charge in [-0.3, -0.25) is 5.10 Å². The number of aliphatic hydroxyl groups is 1. The van der Waals surface area contributed by atoms with Gasteiger partial charge in [0.15, 0.2) is 12.1 Å². The first-order valence-corrected chi connectivity index (χ1v) is 16.7. The predicted octanol–water partition coefficient (Wildman–Crippen LogP) is 3.49. The van der Waals surface area contributed by atoms with Crippen molar-refractivity contribution in [1.82, 2.24) is 19.8 Å². The molecule has 0 saturated carbocycles. The van der Waals surface area contributed by atoms with Gasteiger partial charge in [-0.2, -0.15) is 9.40 Å². The molecule has 2 aromatic carbocycles. The Hall–Kier alpha value is -3.23. The number of nitrogens with one attached hydrogen (secondary N) is 3. The molecule has 1 amide bonds. The van der Waals surface area contributed by atoms with Crippen LogP contribution in [0.5, 0.6) is 0 Å². The van der Waals surface area contributed by atoms with Crippen molar-refractivity contribution in [2.75, 3.05) is 38.2 Å². The smallest absolute Gasteiger partial charge is 0.407 e. The Labute approximate surface area is 258 Å². The number of carbonyl (C=O) groups is 1. The average Bonchev–Trinajstić information content (AvgIpc) is 3.73. The Bertz CT molecular complexity index is 1500. The van der Waals surface area contributed by atoms with Crippen LogP contribution in [0.3, 0.4) is 0 Å². The number of nitrogens with zero attached hydrogens (tertiary/aromatic N) is 2. The molecule has 1 aromatic heterocycles. The van der Waals surface area contributed by atoms with E-state index < -0.39 is 34.4 Å². The zero-order valence-corrected chi connectivity index (χ0v) is 26.3. The van der Waals surface area contributed by atoms with Crippen molar-refractivity contribution in [2.45, 2.75) is 69.5 Å². The van der Waals surface area contributed by atoms with E-state index in [9.17, 15) is 18.3 Å². The van der Waals surface area contributed by atoms with Gasteiger partial charge < -0.3 is 30.0 Å². The lowest BCUT2D eigenvalue weighted by atomic mass is 10.0. The van der Waals surface area contributed by atoms with Crippen molar-refractivity contribution in [2.24, 2.45) is 11.8 Å². The Morgan fingerprint density at radius 3 is 2.73 bits per heavy atom. The van der Waals surface area contributed by atoms with E-state index in [1.807, 2.05) is 51.1 Å². The molecule has 240 valence electrons. The maximum absolute atomic E-state index is 14.1. The SMILES string of the molecule is CCCNc1n[nH]c2ccc(S(=O)(=O)N(CC(C)C)C[C@@H](O)[C@H](Cc3ccccc3)NC(=O)OC3CO[C@H]4OCC[C@@H]34)cc12. The van der Waals surface area contributed by atoms with Crippen LogP contribution in [0.15, 0.2) is 53.4 Å². The predicted molar refractivity (Wildman–Crippen MR) is 166 cm³/mol. The van der Waals surface area contributed by atoms with Crippen LogP contribution >= 0.6 is 0 Å². The third-order valence-corrected chi connectivity index (χ3v) is 9.81. The van der Waals surface area contributed by atoms with Crippen LogP contribution in [0.25, 0.3) is 10.9 Å². The summed E-state index contributed by atoms with van der Waals surface area (Å²) in [5.74, 6) is 0.532. The Morgan fingerprint density at radius 1 is 1.18 bits per heavy atom. The number of aromatic amines is 1. The summed E-state index contributed by atoms with van der Waals surface area (Å²) in [6.07, 6.45) is -0.850. The molecule has 0 radical (unpaired) electrons. The van der Waals surface area contributed by atoms with Gasteiger partial charge in [0.2, 0.25) is 10.0 Å². The molecule has 5 rings (SSSR count). The maximum Gasteiger partial charge on any atom is 0.407 e. The highest BCUT2D eigenvalue weighted by atomic mass is 32.2. The third kappa shape index (κ3) is 7.52. The molecule has 4 N–H and O–H groups in total. The minimum Gasteiger partial charge on any atom is -0.443 e. The third-order valence-electron chi connectivity index (χ3n) is 7.98. The molecular formula is C31H43N5O7S. The van der Waals surface area contributed by atoms with Crippen molar-refractivity contribution in [3.05, 3.63) is 54.1 Å². The molecule has 2 saturated heterocycles. The number of amides is 1. The summed E-state index contributed by atoms with van der Waals surface area (Å²) in [7, 11) is -4.03. The number of hydrogen-bond donors (Lipinski definition) is 4. The fraction of sp³-hybridized carbons (Fsp3) is 0.548. The van der Waals surface area contributed by atoms with Gasteiger partial charge in [-0.15, -0.1) is 0 Å². The van der Waals surface area contributed by atoms with Crippen molar-refractivity contribution >= 4 is 32.8 Å². The van der Waals surface area contributed by atoms with Gasteiger partial charge in [0, 0.05) is 25.0 Å². The molecule has 1 unspecified atom stereocenters. The van der Waals surface area contributed by atoms with Crippen LogP contribution in [-0.4, -0.2) is 91.5 Å². The van der Waals surface area contributed by atoms with E-state index in [-0.39, 0.29) is 49.1 Å². The zero-order chi connectivity index (χ0) is 31.3. The monoisotopic (exact) mass is 629 g/mol. The van der Waals surface area contributed by atoms with E-state index >= 15 is 0 Å². The fourth-order valence-corrected chi connectivity index (χ4v) is 7.36. The number of H-pyrrole nitrogens is 1. The van der Waals surface area contributed by atoms with Gasteiger partial charge in [0.1, 0.15) is 6.10 Å². The highest BCUT2D eigenvalue weighted by molar-refractivity contribution is 7.89. The standard InChI is InChI=1S/C31H43N5O7S/c1-4-13-32-29-24-16-22(10-11-25(24)34-35-29)44(39,40)36(17-20(2)3)18-27(37)26(15-21-8-6-5-7-9-21)33-31(38)43-28-19-42-30-23(28)12-14-41-30/h5-11,16,20,23,26-28,30,37H,4,12-15,17-19H2,1-3H3,(H,33,38)(H2,32,34,35)/t23-,26-,27+,28?,30+/m0/s1. The summed E-state index contributed by atoms with van der Waals surface area (Å²) in [4.78, 5) is 13.2. The first-order valence-electron chi connectivity index (χ1n) is 15.3. The number of alkyl carbamates (subject to hydrolysis) is 1. The molecule has 3 heterocycles. The molecule has 2 aliphatic heterocycles. The van der Waals surface area contributed by atoms with Crippen LogP contribution < -0.4 is 10.6 Å². The van der Waals surface area contributed by atoms with Gasteiger partial charge in [-0.25, -0.2) is 13.2 Å².